The summed E-state index contributed by atoms with van der Waals surface area (Å²) in [6.07, 6.45) is -2.19. The minimum atomic E-state index is -1.47. The van der Waals surface area contributed by atoms with Crippen LogP contribution in [0.5, 0.6) is 0 Å². The van der Waals surface area contributed by atoms with Crippen LogP contribution in [0.25, 0.3) is 0 Å². The van der Waals surface area contributed by atoms with E-state index in [1.807, 2.05) is 5.32 Å². The number of carbonyl (C=O) groups excluding carboxylic acids is 3. The average molecular weight is 392 g/mol. The van der Waals surface area contributed by atoms with Crippen molar-refractivity contribution in [2.24, 2.45) is 5.73 Å². The van der Waals surface area contributed by atoms with Crippen molar-refractivity contribution in [3.63, 3.8) is 0 Å². The molecule has 0 aliphatic rings. The summed E-state index contributed by atoms with van der Waals surface area (Å²) in [5.74, 6) is -5.44. The first kappa shape index (κ1) is 24.2. The number of nitrogens with one attached hydrogen (secondary N) is 3. The molecular formula is C14H24N4O9. The van der Waals surface area contributed by atoms with Crippen molar-refractivity contribution in [3.8, 4) is 0 Å². The Hall–Kier alpha value is -2.77. The van der Waals surface area contributed by atoms with E-state index in [4.69, 9.17) is 21.1 Å². The lowest BCUT2D eigenvalue weighted by Gasteiger charge is -2.22. The SMILES string of the molecule is CC(O)C(NC(=O)C(N)CO)C(=O)NCC(=O)NC(CCC(=O)O)C(=O)O. The summed E-state index contributed by atoms with van der Waals surface area (Å²) in [5, 5.41) is 42.1. The molecule has 4 unspecified atom stereocenters. The van der Waals surface area contributed by atoms with E-state index in [0.717, 1.165) is 0 Å². The van der Waals surface area contributed by atoms with Crippen LogP contribution in [0.2, 0.25) is 0 Å². The van der Waals surface area contributed by atoms with E-state index in [2.05, 4.69) is 10.6 Å². The van der Waals surface area contributed by atoms with Gasteiger partial charge in [0.2, 0.25) is 17.7 Å². The third-order valence-electron chi connectivity index (χ3n) is 3.30. The zero-order chi connectivity index (χ0) is 21.1. The van der Waals surface area contributed by atoms with Crippen molar-refractivity contribution >= 4 is 29.7 Å². The fourth-order valence-electron chi connectivity index (χ4n) is 1.80. The van der Waals surface area contributed by atoms with Crippen LogP contribution in [0.3, 0.4) is 0 Å². The second kappa shape index (κ2) is 11.8. The zero-order valence-corrected chi connectivity index (χ0v) is 14.5. The highest BCUT2D eigenvalue weighted by atomic mass is 16.4. The molecule has 0 fully saturated rings. The Bertz CT molecular complexity index is 567. The van der Waals surface area contributed by atoms with Crippen LogP contribution in [0.15, 0.2) is 0 Å². The van der Waals surface area contributed by atoms with Gasteiger partial charge in [-0.2, -0.15) is 0 Å². The Morgan fingerprint density at radius 2 is 1.63 bits per heavy atom. The van der Waals surface area contributed by atoms with Gasteiger partial charge < -0.3 is 42.1 Å². The Labute approximate surface area is 153 Å². The fraction of sp³-hybridized carbons (Fsp3) is 0.643. The number of aliphatic hydroxyl groups is 2. The number of hydrogen-bond acceptors (Lipinski definition) is 8. The van der Waals surface area contributed by atoms with Gasteiger partial charge in [-0.25, -0.2) is 4.79 Å². The van der Waals surface area contributed by atoms with Gasteiger partial charge in [0.1, 0.15) is 18.1 Å². The zero-order valence-electron chi connectivity index (χ0n) is 14.5. The van der Waals surface area contributed by atoms with Gasteiger partial charge in [0.15, 0.2) is 0 Å². The molecule has 0 aliphatic heterocycles. The van der Waals surface area contributed by atoms with Gasteiger partial charge in [0, 0.05) is 6.42 Å². The van der Waals surface area contributed by atoms with E-state index >= 15 is 0 Å². The smallest absolute Gasteiger partial charge is 0.326 e. The van der Waals surface area contributed by atoms with E-state index in [1.54, 1.807) is 0 Å². The van der Waals surface area contributed by atoms with Crippen molar-refractivity contribution in [3.05, 3.63) is 0 Å². The van der Waals surface area contributed by atoms with E-state index in [0.29, 0.717) is 0 Å². The Morgan fingerprint density at radius 3 is 2.07 bits per heavy atom. The molecule has 27 heavy (non-hydrogen) atoms. The van der Waals surface area contributed by atoms with E-state index < -0.39 is 73.5 Å². The second-order valence-corrected chi connectivity index (χ2v) is 5.62. The van der Waals surface area contributed by atoms with Gasteiger partial charge in [0.25, 0.3) is 0 Å². The molecule has 0 radical (unpaired) electrons. The number of carboxylic acid groups (broad SMARTS) is 2. The number of nitrogens with two attached hydrogens (primary N) is 1. The predicted octanol–water partition coefficient (Wildman–Crippen LogP) is -4.28. The monoisotopic (exact) mass is 392 g/mol. The van der Waals surface area contributed by atoms with Crippen LogP contribution in [-0.2, 0) is 24.0 Å². The highest BCUT2D eigenvalue weighted by molar-refractivity contribution is 5.93. The van der Waals surface area contributed by atoms with Crippen LogP contribution >= 0.6 is 0 Å². The molecule has 9 N–H and O–H groups in total. The largest absolute Gasteiger partial charge is 0.481 e. The van der Waals surface area contributed by atoms with E-state index in [9.17, 15) is 29.1 Å². The minimum Gasteiger partial charge on any atom is -0.481 e. The number of aliphatic hydroxyl groups excluding tert-OH is 2. The molecule has 0 bridgehead atoms. The summed E-state index contributed by atoms with van der Waals surface area (Å²) in [6, 6.07) is -4.24. The Morgan fingerprint density at radius 1 is 1.04 bits per heavy atom. The molecule has 3 amide bonds. The summed E-state index contributed by atoms with van der Waals surface area (Å²) in [4.78, 5) is 56.8. The molecule has 0 aromatic heterocycles. The van der Waals surface area contributed by atoms with E-state index in [1.165, 1.54) is 6.92 Å². The maximum atomic E-state index is 12.0. The van der Waals surface area contributed by atoms with Crippen LogP contribution in [0.4, 0.5) is 0 Å². The maximum Gasteiger partial charge on any atom is 0.326 e. The predicted molar refractivity (Wildman–Crippen MR) is 88.1 cm³/mol. The number of carbonyl (C=O) groups is 5. The summed E-state index contributed by atoms with van der Waals surface area (Å²) in [6.45, 7) is -0.169. The molecule has 0 heterocycles. The first-order chi connectivity index (χ1) is 12.5. The first-order valence-electron chi connectivity index (χ1n) is 7.86. The molecule has 0 rings (SSSR count). The maximum absolute atomic E-state index is 12.0. The van der Waals surface area contributed by atoms with E-state index in [-0.39, 0.29) is 6.42 Å². The molecule has 0 spiro atoms. The average Bonchev–Trinajstić information content (AvgIpc) is 2.59. The second-order valence-electron chi connectivity index (χ2n) is 5.62. The van der Waals surface area contributed by atoms with Gasteiger partial charge >= 0.3 is 11.9 Å². The molecule has 154 valence electrons. The van der Waals surface area contributed by atoms with Crippen LogP contribution in [0, 0.1) is 0 Å². The summed E-state index contributed by atoms with van der Waals surface area (Å²) >= 11 is 0. The van der Waals surface area contributed by atoms with Crippen molar-refractivity contribution in [2.75, 3.05) is 13.2 Å². The third kappa shape index (κ3) is 9.48. The minimum absolute atomic E-state index is 0.351. The van der Waals surface area contributed by atoms with Crippen molar-refractivity contribution < 1.29 is 44.4 Å². The number of amides is 3. The molecule has 0 aromatic rings. The van der Waals surface area contributed by atoms with Gasteiger partial charge in [0.05, 0.1) is 19.3 Å². The molecule has 13 nitrogen and oxygen atoms in total. The number of rotatable bonds is 12. The quantitative estimate of drug-likeness (QED) is 0.159. The molecule has 13 heteroatoms. The molecule has 0 saturated carbocycles. The molecule has 0 aromatic carbocycles. The van der Waals surface area contributed by atoms with Gasteiger partial charge in [-0.05, 0) is 13.3 Å². The Kier molecular flexibility index (Phi) is 10.6. The van der Waals surface area contributed by atoms with Crippen molar-refractivity contribution in [1.82, 2.24) is 16.0 Å². The molecule has 0 saturated heterocycles. The summed E-state index contributed by atoms with van der Waals surface area (Å²) in [7, 11) is 0. The van der Waals surface area contributed by atoms with Crippen LogP contribution in [-0.4, -0.2) is 87.5 Å². The highest BCUT2D eigenvalue weighted by Gasteiger charge is 2.28. The standard InChI is InChI=1S/C14H24N4O9/c1-6(20)11(18-12(24)7(15)5-19)13(25)16-4-9(21)17-8(14(26)27)2-3-10(22)23/h6-8,11,19-20H,2-5,15H2,1H3,(H,16,25)(H,17,21)(H,18,24)(H,22,23)(H,26,27). The first-order valence-corrected chi connectivity index (χ1v) is 7.86. The lowest BCUT2D eigenvalue weighted by Crippen LogP contribution is -2.57. The number of aliphatic carboxylic acids is 2. The highest BCUT2D eigenvalue weighted by Crippen LogP contribution is 1.98. The normalized spacial score (nSPS) is 15.0. The topological polar surface area (TPSA) is 228 Å². The lowest BCUT2D eigenvalue weighted by atomic mass is 10.1. The van der Waals surface area contributed by atoms with Crippen LogP contribution in [0.1, 0.15) is 19.8 Å². The van der Waals surface area contributed by atoms with Gasteiger partial charge in [-0.15, -0.1) is 0 Å². The van der Waals surface area contributed by atoms with Gasteiger partial charge in [-0.3, -0.25) is 19.2 Å². The molecular weight excluding hydrogens is 368 g/mol. The summed E-state index contributed by atoms with van der Waals surface area (Å²) in [5.41, 5.74) is 5.28. The summed E-state index contributed by atoms with van der Waals surface area (Å²) < 4.78 is 0. The third-order valence-corrected chi connectivity index (χ3v) is 3.30. The number of carboxylic acids is 2. The van der Waals surface area contributed by atoms with Gasteiger partial charge in [-0.1, -0.05) is 0 Å². The molecule has 0 aliphatic carbocycles. The Balaban J connectivity index is 4.69. The fourth-order valence-corrected chi connectivity index (χ4v) is 1.80. The van der Waals surface area contributed by atoms with Crippen LogP contribution < -0.4 is 21.7 Å². The number of hydrogen-bond donors (Lipinski definition) is 8. The molecule has 4 atom stereocenters. The lowest BCUT2D eigenvalue weighted by molar-refractivity contribution is -0.143. The van der Waals surface area contributed by atoms with Crippen molar-refractivity contribution in [1.29, 1.82) is 0 Å². The van der Waals surface area contributed by atoms with Crippen molar-refractivity contribution in [2.45, 2.75) is 44.0 Å².